The van der Waals surface area contributed by atoms with E-state index in [0.717, 1.165) is 22.9 Å². The third-order valence-electron chi connectivity index (χ3n) is 4.53. The third-order valence-corrected chi connectivity index (χ3v) is 5.06. The fourth-order valence-corrected chi connectivity index (χ4v) is 3.05. The van der Waals surface area contributed by atoms with Crippen LogP contribution in [0.2, 0.25) is 0 Å². The van der Waals surface area contributed by atoms with E-state index in [9.17, 15) is 14.0 Å². The Morgan fingerprint density at radius 1 is 1.07 bits per heavy atom. The molecule has 0 saturated carbocycles. The Kier molecular flexibility index (Phi) is 8.64. The number of hydrogen-bond acceptors (Lipinski definition) is 2. The first-order valence-electron chi connectivity index (χ1n) is 9.46. The molecule has 0 fully saturated rings. The van der Waals surface area contributed by atoms with E-state index in [1.165, 1.54) is 12.1 Å². The van der Waals surface area contributed by atoms with Gasteiger partial charge in [-0.1, -0.05) is 53.5 Å². The second-order valence-electron chi connectivity index (χ2n) is 6.77. The first kappa shape index (κ1) is 22.1. The van der Waals surface area contributed by atoms with Crippen molar-refractivity contribution in [3.8, 4) is 0 Å². The summed E-state index contributed by atoms with van der Waals surface area (Å²) in [7, 11) is 0. The van der Waals surface area contributed by atoms with Crippen molar-refractivity contribution < 1.29 is 14.0 Å². The molecule has 150 valence electrons. The lowest BCUT2D eigenvalue weighted by molar-refractivity contribution is -0.140. The molecule has 0 radical (unpaired) electrons. The van der Waals surface area contributed by atoms with Gasteiger partial charge in [0.1, 0.15) is 11.9 Å². The zero-order chi connectivity index (χ0) is 20.5. The highest BCUT2D eigenvalue weighted by atomic mass is 79.9. The summed E-state index contributed by atoms with van der Waals surface area (Å²) in [5.74, 6) is -0.683. The third kappa shape index (κ3) is 6.75. The summed E-state index contributed by atoms with van der Waals surface area (Å²) in [5, 5.41) is 2.90. The zero-order valence-corrected chi connectivity index (χ0v) is 17.8. The molecule has 0 aliphatic rings. The molecule has 2 aromatic carbocycles. The molecule has 2 aromatic rings. The molecule has 0 spiro atoms. The average molecular weight is 449 g/mol. The smallest absolute Gasteiger partial charge is 0.242 e. The number of amides is 2. The van der Waals surface area contributed by atoms with Gasteiger partial charge in [-0.25, -0.2) is 4.39 Å². The van der Waals surface area contributed by atoms with E-state index in [1.54, 1.807) is 24.0 Å². The van der Waals surface area contributed by atoms with Gasteiger partial charge in [-0.05, 0) is 48.7 Å². The molecule has 4 nitrogen and oxygen atoms in total. The molecule has 0 aliphatic heterocycles. The fraction of sp³-hybridized carbons (Fsp3) is 0.364. The van der Waals surface area contributed by atoms with Gasteiger partial charge in [0.2, 0.25) is 11.8 Å². The Morgan fingerprint density at radius 3 is 2.29 bits per heavy atom. The number of carbonyl (C=O) groups excluding carboxylic acids is 2. The molecule has 2 amide bonds. The van der Waals surface area contributed by atoms with Gasteiger partial charge in [-0.15, -0.1) is 0 Å². The van der Waals surface area contributed by atoms with Crippen LogP contribution >= 0.6 is 15.9 Å². The van der Waals surface area contributed by atoms with Crippen molar-refractivity contribution in [2.75, 3.05) is 6.54 Å². The predicted molar refractivity (Wildman–Crippen MR) is 112 cm³/mol. The predicted octanol–water partition coefficient (Wildman–Crippen LogP) is 4.46. The summed E-state index contributed by atoms with van der Waals surface area (Å²) in [6.07, 6.45) is 2.00. The van der Waals surface area contributed by atoms with E-state index in [-0.39, 0.29) is 24.1 Å². The van der Waals surface area contributed by atoms with Gasteiger partial charge in [0.15, 0.2) is 0 Å². The van der Waals surface area contributed by atoms with Gasteiger partial charge in [0, 0.05) is 17.6 Å². The number of unbranched alkanes of at least 4 members (excludes halogenated alkanes) is 1. The molecular formula is C22H26BrFN2O2. The quantitative estimate of drug-likeness (QED) is 0.575. The number of rotatable bonds is 9. The van der Waals surface area contributed by atoms with Crippen molar-refractivity contribution >= 4 is 27.7 Å². The van der Waals surface area contributed by atoms with Gasteiger partial charge in [-0.2, -0.15) is 0 Å². The number of carbonyl (C=O) groups is 2. The number of nitrogens with one attached hydrogen (secondary N) is 1. The Morgan fingerprint density at radius 2 is 1.68 bits per heavy atom. The summed E-state index contributed by atoms with van der Waals surface area (Å²) in [5.41, 5.74) is 1.65. The highest BCUT2D eigenvalue weighted by Crippen LogP contribution is 2.16. The molecular weight excluding hydrogens is 423 g/mol. The molecule has 0 heterocycles. The van der Waals surface area contributed by atoms with E-state index in [1.807, 2.05) is 24.3 Å². The maximum Gasteiger partial charge on any atom is 0.242 e. The molecule has 1 N–H and O–H groups in total. The minimum atomic E-state index is -0.603. The molecule has 2 rings (SSSR count). The molecule has 6 heteroatoms. The molecule has 0 saturated heterocycles. The van der Waals surface area contributed by atoms with Crippen molar-refractivity contribution in [3.63, 3.8) is 0 Å². The highest BCUT2D eigenvalue weighted by Gasteiger charge is 2.26. The Balaban J connectivity index is 2.15. The fourth-order valence-electron chi connectivity index (χ4n) is 2.78. The average Bonchev–Trinajstić information content (AvgIpc) is 2.68. The van der Waals surface area contributed by atoms with Crippen molar-refractivity contribution in [1.82, 2.24) is 10.2 Å². The molecule has 0 aromatic heterocycles. The van der Waals surface area contributed by atoms with E-state index < -0.39 is 6.04 Å². The minimum Gasteiger partial charge on any atom is -0.354 e. The summed E-state index contributed by atoms with van der Waals surface area (Å²) in [6.45, 7) is 4.72. The number of nitrogens with zero attached hydrogens (tertiary/aromatic N) is 1. The van der Waals surface area contributed by atoms with Gasteiger partial charge >= 0.3 is 0 Å². The van der Waals surface area contributed by atoms with Gasteiger partial charge in [0.05, 0.1) is 6.42 Å². The Hall–Kier alpha value is -2.21. The van der Waals surface area contributed by atoms with Crippen LogP contribution in [0, 0.1) is 5.82 Å². The number of hydrogen-bond donors (Lipinski definition) is 1. The van der Waals surface area contributed by atoms with Crippen LogP contribution in [0.5, 0.6) is 0 Å². The Labute approximate surface area is 174 Å². The van der Waals surface area contributed by atoms with E-state index >= 15 is 0 Å². The van der Waals surface area contributed by atoms with Crippen LogP contribution in [-0.2, 0) is 22.6 Å². The zero-order valence-electron chi connectivity index (χ0n) is 16.3. The van der Waals surface area contributed by atoms with Crippen LogP contribution in [-0.4, -0.2) is 29.3 Å². The van der Waals surface area contributed by atoms with E-state index in [0.29, 0.717) is 18.7 Å². The van der Waals surface area contributed by atoms with Crippen LogP contribution in [0.1, 0.15) is 37.8 Å². The largest absolute Gasteiger partial charge is 0.354 e. The van der Waals surface area contributed by atoms with Crippen LogP contribution < -0.4 is 5.32 Å². The van der Waals surface area contributed by atoms with Crippen molar-refractivity contribution in [1.29, 1.82) is 0 Å². The molecule has 0 bridgehead atoms. The SMILES string of the molecule is CCCCNC(=O)C(C)N(Cc1ccc(Br)cc1)C(=O)Cc1ccc(F)cc1. The standard InChI is InChI=1S/C22H26BrFN2O2/c1-3-4-13-25-22(28)16(2)26(15-18-5-9-19(23)10-6-18)21(27)14-17-7-11-20(24)12-8-17/h5-12,16H,3-4,13-15H2,1-2H3,(H,25,28). The first-order chi connectivity index (χ1) is 13.4. The van der Waals surface area contributed by atoms with Crippen molar-refractivity contribution in [2.24, 2.45) is 0 Å². The number of benzene rings is 2. The highest BCUT2D eigenvalue weighted by molar-refractivity contribution is 9.10. The van der Waals surface area contributed by atoms with E-state index in [2.05, 4.69) is 28.2 Å². The first-order valence-corrected chi connectivity index (χ1v) is 10.3. The topological polar surface area (TPSA) is 49.4 Å². The van der Waals surface area contributed by atoms with Crippen LogP contribution in [0.25, 0.3) is 0 Å². The van der Waals surface area contributed by atoms with Gasteiger partial charge in [-0.3, -0.25) is 9.59 Å². The lowest BCUT2D eigenvalue weighted by atomic mass is 10.1. The summed E-state index contributed by atoms with van der Waals surface area (Å²) in [6, 6.07) is 12.9. The van der Waals surface area contributed by atoms with Gasteiger partial charge in [0.25, 0.3) is 0 Å². The van der Waals surface area contributed by atoms with Crippen LogP contribution in [0.4, 0.5) is 4.39 Å². The normalized spacial score (nSPS) is 11.7. The van der Waals surface area contributed by atoms with Gasteiger partial charge < -0.3 is 10.2 Å². The molecule has 28 heavy (non-hydrogen) atoms. The second-order valence-corrected chi connectivity index (χ2v) is 7.69. The van der Waals surface area contributed by atoms with E-state index in [4.69, 9.17) is 0 Å². The second kappa shape index (κ2) is 11.0. The number of halogens is 2. The summed E-state index contributed by atoms with van der Waals surface area (Å²) >= 11 is 3.40. The Bertz CT molecular complexity index is 778. The van der Waals surface area contributed by atoms with Crippen molar-refractivity contribution in [2.45, 2.75) is 45.7 Å². The summed E-state index contributed by atoms with van der Waals surface area (Å²) < 4.78 is 14.1. The van der Waals surface area contributed by atoms with Crippen molar-refractivity contribution in [3.05, 3.63) is 69.9 Å². The molecule has 1 atom stereocenters. The maximum atomic E-state index is 13.1. The molecule has 1 unspecified atom stereocenters. The van der Waals surface area contributed by atoms with Crippen LogP contribution in [0.3, 0.4) is 0 Å². The molecule has 0 aliphatic carbocycles. The monoisotopic (exact) mass is 448 g/mol. The lowest BCUT2D eigenvalue weighted by Crippen LogP contribution is -2.48. The summed E-state index contributed by atoms with van der Waals surface area (Å²) in [4.78, 5) is 27.1. The maximum absolute atomic E-state index is 13.1. The minimum absolute atomic E-state index is 0.114. The van der Waals surface area contributed by atoms with Crippen LogP contribution in [0.15, 0.2) is 53.0 Å². The lowest BCUT2D eigenvalue weighted by Gasteiger charge is -2.29.